The fraction of sp³-hybridized carbons (Fsp3) is 0.160. The third-order valence-corrected chi connectivity index (χ3v) is 8.28. The quantitative estimate of drug-likeness (QED) is 0.143. The van der Waals surface area contributed by atoms with Crippen LogP contribution in [0.3, 0.4) is 0 Å². The van der Waals surface area contributed by atoms with E-state index in [0.29, 0.717) is 0 Å². The predicted octanol–water partition coefficient (Wildman–Crippen LogP) is 16.0. The van der Waals surface area contributed by atoms with E-state index in [1.165, 1.54) is 70.2 Å². The number of fused-ring (bicyclic) bond motifs is 9. The van der Waals surface area contributed by atoms with E-state index in [-0.39, 0.29) is 7.43 Å². The Bertz CT molecular complexity index is 2140. The van der Waals surface area contributed by atoms with Gasteiger partial charge in [-0.05, 0) is 77.1 Å². The molecule has 0 aliphatic rings. The molecule has 0 fully saturated rings. The molecule has 0 aliphatic heterocycles. The Morgan fingerprint density at radius 2 is 0.460 bits per heavy atom. The van der Waals surface area contributed by atoms with Gasteiger partial charge in [0.15, 0.2) is 0 Å². The Morgan fingerprint density at radius 3 is 0.780 bits per heavy atom. The third-order valence-electron chi connectivity index (χ3n) is 8.28. The summed E-state index contributed by atoms with van der Waals surface area (Å²) in [4.78, 5) is 0. The van der Waals surface area contributed by atoms with E-state index < -0.39 is 0 Å². The Labute approximate surface area is 301 Å². The van der Waals surface area contributed by atoms with Crippen molar-refractivity contribution in [2.45, 2.75) is 55.9 Å². The second kappa shape index (κ2) is 20.1. The zero-order valence-corrected chi connectivity index (χ0v) is 30.2. The van der Waals surface area contributed by atoms with Crippen molar-refractivity contribution in [3.63, 3.8) is 0 Å². The summed E-state index contributed by atoms with van der Waals surface area (Å²) >= 11 is 0. The van der Waals surface area contributed by atoms with Crippen molar-refractivity contribution in [3.8, 4) is 0 Å². The number of hydrogen-bond acceptors (Lipinski definition) is 0. The summed E-state index contributed by atoms with van der Waals surface area (Å²) < 4.78 is 0. The minimum atomic E-state index is 0. The summed E-state index contributed by atoms with van der Waals surface area (Å²) in [5, 5.41) is 16.0. The van der Waals surface area contributed by atoms with Gasteiger partial charge in [0.05, 0.1) is 0 Å². The molecule has 50 heavy (non-hydrogen) atoms. The average molecular weight is 655 g/mol. The van der Waals surface area contributed by atoms with Crippen molar-refractivity contribution in [3.05, 3.63) is 181 Å². The molecule has 0 aromatic heterocycles. The molecule has 0 heteroatoms. The molecule has 0 saturated carbocycles. The SMILES string of the molecule is C.CC.CC.CC.Cc1cc2ccccc2c2ccccc12.c1ccc2c(c1)ccc1ccccc12.c1ccc2c(c1)ccc1ccccc12. The maximum atomic E-state index is 2.26. The van der Waals surface area contributed by atoms with Crippen molar-refractivity contribution >= 4 is 64.6 Å². The van der Waals surface area contributed by atoms with Crippen molar-refractivity contribution in [1.29, 1.82) is 0 Å². The lowest BCUT2D eigenvalue weighted by molar-refractivity contribution is 1.50. The Hall–Kier alpha value is -5.46. The molecule has 0 aliphatic carbocycles. The van der Waals surface area contributed by atoms with Crippen molar-refractivity contribution in [1.82, 2.24) is 0 Å². The lowest BCUT2D eigenvalue weighted by Crippen LogP contribution is -1.81. The van der Waals surface area contributed by atoms with Gasteiger partial charge in [0, 0.05) is 0 Å². The first-order valence-corrected chi connectivity index (χ1v) is 17.9. The van der Waals surface area contributed by atoms with Gasteiger partial charge in [-0.15, -0.1) is 0 Å². The van der Waals surface area contributed by atoms with Crippen LogP contribution < -0.4 is 0 Å². The van der Waals surface area contributed by atoms with Crippen molar-refractivity contribution in [2.75, 3.05) is 0 Å². The van der Waals surface area contributed by atoms with E-state index in [0.717, 1.165) is 0 Å². The molecule has 9 aromatic rings. The van der Waals surface area contributed by atoms with Crippen LogP contribution in [0, 0.1) is 6.92 Å². The number of benzene rings is 9. The smallest absolute Gasteiger partial charge is 0.0103 e. The van der Waals surface area contributed by atoms with E-state index in [2.05, 4.69) is 183 Å². The maximum Gasteiger partial charge on any atom is -0.0103 e. The van der Waals surface area contributed by atoms with Gasteiger partial charge in [-0.2, -0.15) is 0 Å². The van der Waals surface area contributed by atoms with Crippen molar-refractivity contribution in [2.24, 2.45) is 0 Å². The predicted molar refractivity (Wildman–Crippen MR) is 230 cm³/mol. The summed E-state index contributed by atoms with van der Waals surface area (Å²) in [6.45, 7) is 14.2. The van der Waals surface area contributed by atoms with Gasteiger partial charge in [0.2, 0.25) is 0 Å². The molecule has 9 aromatic carbocycles. The van der Waals surface area contributed by atoms with Crippen LogP contribution in [0.5, 0.6) is 0 Å². The van der Waals surface area contributed by atoms with Crippen LogP contribution in [0.25, 0.3) is 64.6 Å². The first kappa shape index (κ1) is 39.0. The van der Waals surface area contributed by atoms with E-state index in [1.807, 2.05) is 41.5 Å². The highest BCUT2D eigenvalue weighted by Crippen LogP contribution is 2.28. The van der Waals surface area contributed by atoms with Gasteiger partial charge >= 0.3 is 0 Å². The van der Waals surface area contributed by atoms with Crippen LogP contribution in [0.1, 0.15) is 54.5 Å². The molecule has 0 amide bonds. The molecule has 0 unspecified atom stereocenters. The molecule has 0 saturated heterocycles. The van der Waals surface area contributed by atoms with Gasteiger partial charge in [-0.1, -0.05) is 225 Å². The van der Waals surface area contributed by atoms with Crippen LogP contribution >= 0.6 is 0 Å². The fourth-order valence-electron chi connectivity index (χ4n) is 6.15. The number of aryl methyl sites for hydroxylation is 1. The summed E-state index contributed by atoms with van der Waals surface area (Å²) in [5.41, 5.74) is 1.35. The summed E-state index contributed by atoms with van der Waals surface area (Å²) in [6, 6.07) is 62.2. The molecular formula is C50H54. The highest BCUT2D eigenvalue weighted by Gasteiger charge is 2.02. The summed E-state index contributed by atoms with van der Waals surface area (Å²) in [7, 11) is 0. The highest BCUT2D eigenvalue weighted by atomic mass is 14.1. The van der Waals surface area contributed by atoms with Crippen LogP contribution in [0.15, 0.2) is 176 Å². The minimum Gasteiger partial charge on any atom is -0.0776 e. The first-order chi connectivity index (χ1) is 24.3. The molecule has 0 atom stereocenters. The molecule has 0 N–H and O–H groups in total. The van der Waals surface area contributed by atoms with Gasteiger partial charge in [0.1, 0.15) is 0 Å². The molecule has 9 rings (SSSR count). The lowest BCUT2D eigenvalue weighted by atomic mass is 9.98. The summed E-state index contributed by atoms with van der Waals surface area (Å²) in [5.74, 6) is 0. The van der Waals surface area contributed by atoms with Crippen LogP contribution in [0.4, 0.5) is 0 Å². The van der Waals surface area contributed by atoms with Gasteiger partial charge in [0.25, 0.3) is 0 Å². The Morgan fingerprint density at radius 1 is 0.240 bits per heavy atom. The monoisotopic (exact) mass is 654 g/mol. The van der Waals surface area contributed by atoms with Crippen LogP contribution in [0.2, 0.25) is 0 Å². The van der Waals surface area contributed by atoms with E-state index in [1.54, 1.807) is 0 Å². The highest BCUT2D eigenvalue weighted by molar-refractivity contribution is 6.09. The van der Waals surface area contributed by atoms with E-state index in [4.69, 9.17) is 0 Å². The molecule has 0 bridgehead atoms. The largest absolute Gasteiger partial charge is 0.0776 e. The van der Waals surface area contributed by atoms with Gasteiger partial charge in [-0.25, -0.2) is 0 Å². The second-order valence-electron chi connectivity index (χ2n) is 11.0. The van der Waals surface area contributed by atoms with Crippen LogP contribution in [-0.4, -0.2) is 0 Å². The zero-order chi connectivity index (χ0) is 35.0. The fourth-order valence-corrected chi connectivity index (χ4v) is 6.15. The maximum absolute atomic E-state index is 2.26. The Balaban J connectivity index is 0.000000187. The number of rotatable bonds is 0. The third kappa shape index (κ3) is 8.95. The Kier molecular flexibility index (Phi) is 15.7. The van der Waals surface area contributed by atoms with E-state index >= 15 is 0 Å². The van der Waals surface area contributed by atoms with Crippen molar-refractivity contribution < 1.29 is 0 Å². The summed E-state index contributed by atoms with van der Waals surface area (Å²) in [6.07, 6.45) is 0. The molecule has 0 nitrogen and oxygen atoms in total. The molecule has 0 radical (unpaired) electrons. The van der Waals surface area contributed by atoms with Gasteiger partial charge < -0.3 is 0 Å². The zero-order valence-electron chi connectivity index (χ0n) is 30.2. The lowest BCUT2D eigenvalue weighted by Gasteiger charge is -2.06. The molecular weight excluding hydrogens is 601 g/mol. The normalized spacial score (nSPS) is 9.74. The van der Waals surface area contributed by atoms with Crippen LogP contribution in [-0.2, 0) is 0 Å². The standard InChI is InChI=1S/C15H12.2C14H10.3C2H6.CH4/c1-11-10-12-6-2-3-8-14(12)15-9-5-4-7-13(11)15;2*1-3-7-13-11(5-1)9-10-12-6-2-4-8-14(12)13;3*1-2;/h2-10H,1H3;2*1-10H;3*1-2H3;1H4. The minimum absolute atomic E-state index is 0. The first-order valence-electron chi connectivity index (χ1n) is 17.9. The molecule has 0 spiro atoms. The second-order valence-corrected chi connectivity index (χ2v) is 11.0. The van der Waals surface area contributed by atoms with E-state index in [9.17, 15) is 0 Å². The molecule has 254 valence electrons. The average Bonchev–Trinajstić information content (AvgIpc) is 3.21. The number of hydrogen-bond donors (Lipinski definition) is 0. The van der Waals surface area contributed by atoms with Gasteiger partial charge in [-0.3, -0.25) is 0 Å². The topological polar surface area (TPSA) is 0 Å². The molecule has 0 heterocycles.